The van der Waals surface area contributed by atoms with E-state index < -0.39 is 6.10 Å². The summed E-state index contributed by atoms with van der Waals surface area (Å²) in [6.07, 6.45) is 2.59. The third-order valence-electron chi connectivity index (χ3n) is 2.89. The Bertz CT molecular complexity index is 638. The molecule has 1 heterocycles. The van der Waals surface area contributed by atoms with Gasteiger partial charge >= 0.3 is 0 Å². The third kappa shape index (κ3) is 3.33. The summed E-state index contributed by atoms with van der Waals surface area (Å²) in [5, 5.41) is 20.3. The second kappa shape index (κ2) is 6.31. The van der Waals surface area contributed by atoms with Crippen molar-refractivity contribution in [1.29, 1.82) is 0 Å². The number of aromatic hydroxyl groups is 1. The van der Waals surface area contributed by atoms with Gasteiger partial charge in [0.2, 0.25) is 0 Å². The molecule has 6 heteroatoms. The van der Waals surface area contributed by atoms with Gasteiger partial charge in [0.15, 0.2) is 0 Å². The number of aliphatic hydroxyl groups excluding tert-OH is 1. The van der Waals surface area contributed by atoms with Crippen LogP contribution in [0.15, 0.2) is 35.5 Å². The van der Waals surface area contributed by atoms with Gasteiger partial charge in [-0.1, -0.05) is 23.2 Å². The molecular weight excluding hydrogens is 299 g/mol. The Morgan fingerprint density at radius 2 is 2.15 bits per heavy atom. The molecular formula is C14H14Cl2N2O2. The Balaban J connectivity index is 2.09. The van der Waals surface area contributed by atoms with Crippen molar-refractivity contribution in [3.63, 3.8) is 0 Å². The van der Waals surface area contributed by atoms with Gasteiger partial charge < -0.3 is 14.8 Å². The first-order valence-corrected chi connectivity index (χ1v) is 6.71. The van der Waals surface area contributed by atoms with Crippen molar-refractivity contribution in [1.82, 2.24) is 4.57 Å². The van der Waals surface area contributed by atoms with Crippen LogP contribution in [0.4, 0.5) is 0 Å². The highest BCUT2D eigenvalue weighted by molar-refractivity contribution is 6.36. The van der Waals surface area contributed by atoms with Crippen molar-refractivity contribution < 1.29 is 10.2 Å². The van der Waals surface area contributed by atoms with E-state index in [1.54, 1.807) is 6.07 Å². The molecule has 20 heavy (non-hydrogen) atoms. The van der Waals surface area contributed by atoms with Gasteiger partial charge in [0.25, 0.3) is 0 Å². The van der Waals surface area contributed by atoms with Crippen LogP contribution in [-0.4, -0.2) is 27.5 Å². The molecule has 0 bridgehead atoms. The van der Waals surface area contributed by atoms with Crippen LogP contribution in [0.5, 0.6) is 5.75 Å². The lowest BCUT2D eigenvalue weighted by molar-refractivity contribution is 0.179. The fourth-order valence-corrected chi connectivity index (χ4v) is 2.36. The number of nitrogens with zero attached hydrogens (tertiary/aromatic N) is 2. The molecule has 0 saturated carbocycles. The van der Waals surface area contributed by atoms with Crippen LogP contribution in [0.1, 0.15) is 17.4 Å². The minimum Gasteiger partial charge on any atom is -0.506 e. The number of phenolic OH excluding ortho intramolecular Hbond substituents is 1. The molecule has 1 atom stereocenters. The van der Waals surface area contributed by atoms with Crippen LogP contribution in [-0.2, 0) is 7.05 Å². The zero-order valence-electron chi connectivity index (χ0n) is 10.8. The van der Waals surface area contributed by atoms with Crippen molar-refractivity contribution >= 4 is 29.4 Å². The summed E-state index contributed by atoms with van der Waals surface area (Å²) < 4.78 is 1.83. The molecule has 0 spiro atoms. The summed E-state index contributed by atoms with van der Waals surface area (Å²) >= 11 is 11.7. The standard InChI is InChI=1S/C14H14Cl2N2O2/c1-18-4-2-3-12(18)13(19)8-17-7-9-5-10(15)6-11(16)14(9)20/h2-7,13,19-20H,8H2,1H3. The highest BCUT2D eigenvalue weighted by Gasteiger charge is 2.10. The average Bonchev–Trinajstić information content (AvgIpc) is 2.81. The first-order valence-electron chi connectivity index (χ1n) is 5.96. The van der Waals surface area contributed by atoms with Gasteiger partial charge in [0.05, 0.1) is 11.6 Å². The Morgan fingerprint density at radius 1 is 1.40 bits per heavy atom. The molecule has 2 rings (SSSR count). The van der Waals surface area contributed by atoms with Gasteiger partial charge in [0.1, 0.15) is 11.9 Å². The van der Waals surface area contributed by atoms with E-state index in [-0.39, 0.29) is 17.3 Å². The summed E-state index contributed by atoms with van der Waals surface area (Å²) in [6.45, 7) is 0.182. The Kier molecular flexibility index (Phi) is 4.70. The first-order chi connectivity index (χ1) is 9.49. The number of phenols is 1. The quantitative estimate of drug-likeness (QED) is 0.852. The van der Waals surface area contributed by atoms with Crippen LogP contribution in [0.25, 0.3) is 0 Å². The van der Waals surface area contributed by atoms with E-state index in [2.05, 4.69) is 4.99 Å². The normalized spacial score (nSPS) is 13.0. The topological polar surface area (TPSA) is 57.8 Å². The number of aliphatic imine (C=N–C) groups is 1. The fraction of sp³-hybridized carbons (Fsp3) is 0.214. The maximum atomic E-state index is 10.00. The zero-order valence-corrected chi connectivity index (χ0v) is 12.3. The van der Waals surface area contributed by atoms with E-state index in [4.69, 9.17) is 23.2 Å². The van der Waals surface area contributed by atoms with Gasteiger partial charge in [-0.3, -0.25) is 4.99 Å². The summed E-state index contributed by atoms with van der Waals surface area (Å²) in [7, 11) is 1.85. The highest BCUT2D eigenvalue weighted by Crippen LogP contribution is 2.30. The number of aliphatic hydroxyl groups is 1. The number of hydrogen-bond donors (Lipinski definition) is 2. The summed E-state index contributed by atoms with van der Waals surface area (Å²) in [5.41, 5.74) is 1.19. The average molecular weight is 313 g/mol. The molecule has 106 valence electrons. The number of benzene rings is 1. The zero-order chi connectivity index (χ0) is 14.7. The van der Waals surface area contributed by atoms with Gasteiger partial charge in [-0.05, 0) is 24.3 Å². The molecule has 1 aromatic heterocycles. The second-order valence-corrected chi connectivity index (χ2v) is 5.22. The van der Waals surface area contributed by atoms with Crippen LogP contribution in [0, 0.1) is 0 Å². The van der Waals surface area contributed by atoms with Gasteiger partial charge in [0, 0.05) is 35.7 Å². The van der Waals surface area contributed by atoms with Crippen molar-refractivity contribution in [3.05, 3.63) is 51.8 Å². The van der Waals surface area contributed by atoms with E-state index in [1.165, 1.54) is 12.3 Å². The molecule has 0 radical (unpaired) electrons. The molecule has 2 N–H and O–H groups in total. The number of aryl methyl sites for hydroxylation is 1. The maximum absolute atomic E-state index is 10.00. The number of rotatable bonds is 4. The van der Waals surface area contributed by atoms with E-state index in [9.17, 15) is 10.2 Å². The van der Waals surface area contributed by atoms with Crippen LogP contribution in [0.2, 0.25) is 10.0 Å². The molecule has 1 unspecified atom stereocenters. The van der Waals surface area contributed by atoms with Crippen molar-refractivity contribution in [3.8, 4) is 5.75 Å². The van der Waals surface area contributed by atoms with E-state index in [0.717, 1.165) is 5.69 Å². The van der Waals surface area contributed by atoms with Crippen molar-refractivity contribution in [2.24, 2.45) is 12.0 Å². The van der Waals surface area contributed by atoms with Gasteiger partial charge in [-0.2, -0.15) is 0 Å². The first kappa shape index (κ1) is 14.9. The maximum Gasteiger partial charge on any atom is 0.143 e. The minimum absolute atomic E-state index is 0.0758. The van der Waals surface area contributed by atoms with Crippen molar-refractivity contribution in [2.45, 2.75) is 6.10 Å². The summed E-state index contributed by atoms with van der Waals surface area (Å²) in [5.74, 6) is -0.0758. The molecule has 0 fully saturated rings. The Labute approximate surface area is 126 Å². The molecule has 0 saturated heterocycles. The minimum atomic E-state index is -0.706. The highest BCUT2D eigenvalue weighted by atomic mass is 35.5. The largest absolute Gasteiger partial charge is 0.506 e. The second-order valence-electron chi connectivity index (χ2n) is 4.38. The van der Waals surface area contributed by atoms with Gasteiger partial charge in [-0.15, -0.1) is 0 Å². The van der Waals surface area contributed by atoms with Crippen molar-refractivity contribution in [2.75, 3.05) is 6.54 Å². The predicted octanol–water partition coefficient (Wildman–Crippen LogP) is 3.19. The number of hydrogen-bond acceptors (Lipinski definition) is 3. The van der Waals surface area contributed by atoms with Crippen LogP contribution in [0.3, 0.4) is 0 Å². The predicted molar refractivity (Wildman–Crippen MR) is 81.0 cm³/mol. The lowest BCUT2D eigenvalue weighted by atomic mass is 10.2. The molecule has 1 aromatic carbocycles. The van der Waals surface area contributed by atoms with E-state index in [1.807, 2.05) is 29.9 Å². The Morgan fingerprint density at radius 3 is 2.80 bits per heavy atom. The van der Waals surface area contributed by atoms with Crippen LogP contribution >= 0.6 is 23.2 Å². The monoisotopic (exact) mass is 312 g/mol. The SMILES string of the molecule is Cn1cccc1C(O)CN=Cc1cc(Cl)cc(Cl)c1O. The fourth-order valence-electron chi connectivity index (χ4n) is 1.85. The number of halogens is 2. The van der Waals surface area contributed by atoms with E-state index in [0.29, 0.717) is 10.6 Å². The molecule has 0 aliphatic rings. The molecule has 0 aliphatic carbocycles. The lowest BCUT2D eigenvalue weighted by Gasteiger charge is -2.09. The molecule has 4 nitrogen and oxygen atoms in total. The van der Waals surface area contributed by atoms with Gasteiger partial charge in [-0.25, -0.2) is 0 Å². The molecule has 0 aliphatic heterocycles. The Hall–Kier alpha value is -1.49. The third-order valence-corrected chi connectivity index (χ3v) is 3.40. The lowest BCUT2D eigenvalue weighted by Crippen LogP contribution is -2.06. The molecule has 2 aromatic rings. The summed E-state index contributed by atoms with van der Waals surface area (Å²) in [6, 6.07) is 6.69. The molecule has 0 amide bonds. The smallest absolute Gasteiger partial charge is 0.143 e. The van der Waals surface area contributed by atoms with E-state index >= 15 is 0 Å². The summed E-state index contributed by atoms with van der Waals surface area (Å²) in [4.78, 5) is 4.12. The van der Waals surface area contributed by atoms with Crippen LogP contribution < -0.4 is 0 Å². The number of aromatic nitrogens is 1.